The van der Waals surface area contributed by atoms with Crippen LogP contribution < -0.4 is 4.74 Å². The van der Waals surface area contributed by atoms with Crippen LogP contribution in [0, 0.1) is 16.2 Å². The molecule has 0 aliphatic heterocycles. The molecule has 2 aliphatic rings. The van der Waals surface area contributed by atoms with E-state index in [0.717, 1.165) is 23.3 Å². The van der Waals surface area contributed by atoms with Gasteiger partial charge in [-0.1, -0.05) is 25.6 Å². The van der Waals surface area contributed by atoms with Crippen molar-refractivity contribution in [1.29, 1.82) is 0 Å². The van der Waals surface area contributed by atoms with Crippen LogP contribution in [0.2, 0.25) is 0 Å². The highest BCUT2D eigenvalue weighted by Gasteiger charge is 2.78. The molecule has 0 bridgehead atoms. The smallest absolute Gasteiger partial charge is 0.323 e. The van der Waals surface area contributed by atoms with Gasteiger partial charge in [0.05, 0.1) is 21.3 Å². The van der Waals surface area contributed by atoms with Crippen LogP contribution in [-0.2, 0) is 19.1 Å². The fraction of sp³-hybridized carbons (Fsp3) is 0.500. The second-order valence-corrected chi connectivity index (χ2v) is 7.45. The van der Waals surface area contributed by atoms with Gasteiger partial charge >= 0.3 is 11.9 Å². The van der Waals surface area contributed by atoms with E-state index in [1.54, 1.807) is 7.11 Å². The summed E-state index contributed by atoms with van der Waals surface area (Å²) in [4.78, 5) is 24.9. The van der Waals surface area contributed by atoms with Gasteiger partial charge in [0, 0.05) is 5.41 Å². The number of hydrogen-bond donors (Lipinski definition) is 0. The quantitative estimate of drug-likeness (QED) is 0.606. The van der Waals surface area contributed by atoms with Gasteiger partial charge in [-0.05, 0) is 47.9 Å². The third kappa shape index (κ3) is 2.29. The van der Waals surface area contributed by atoms with Crippen molar-refractivity contribution in [1.82, 2.24) is 0 Å². The molecule has 25 heavy (non-hydrogen) atoms. The van der Waals surface area contributed by atoms with Crippen molar-refractivity contribution in [3.8, 4) is 5.75 Å². The summed E-state index contributed by atoms with van der Waals surface area (Å²) < 4.78 is 15.2. The van der Waals surface area contributed by atoms with E-state index in [1.807, 2.05) is 24.3 Å². The summed E-state index contributed by atoms with van der Waals surface area (Å²) in [5.74, 6) is -0.293. The van der Waals surface area contributed by atoms with Gasteiger partial charge in [0.2, 0.25) is 0 Å². The van der Waals surface area contributed by atoms with Crippen LogP contribution in [-0.4, -0.2) is 33.3 Å². The highest BCUT2D eigenvalue weighted by molar-refractivity contribution is 6.02. The molecule has 1 aromatic carbocycles. The first-order valence-corrected chi connectivity index (χ1v) is 8.29. The average Bonchev–Trinajstić information content (AvgIpc) is 3.12. The number of hydrogen-bond acceptors (Lipinski definition) is 5. The van der Waals surface area contributed by atoms with Crippen LogP contribution in [0.3, 0.4) is 0 Å². The van der Waals surface area contributed by atoms with Crippen molar-refractivity contribution in [2.75, 3.05) is 21.3 Å². The monoisotopic (exact) mass is 344 g/mol. The standard InChI is InChI=1S/C20H24O5/c1-13(14-7-6-8-15(9-14)23-3)20-11-18(20,2)10-19(12-20,16(21)24-4)17(22)25-5/h6-9H,1,10-12H2,2-5H3/t18-,20-/m1/s1. The van der Waals surface area contributed by atoms with Gasteiger partial charge in [-0.2, -0.15) is 0 Å². The molecular weight excluding hydrogens is 320 g/mol. The third-order valence-corrected chi connectivity index (χ3v) is 6.17. The molecule has 0 saturated heterocycles. The molecular formula is C20H24O5. The molecule has 0 heterocycles. The number of allylic oxidation sites excluding steroid dienone is 1. The van der Waals surface area contributed by atoms with E-state index in [2.05, 4.69) is 13.5 Å². The van der Waals surface area contributed by atoms with Gasteiger partial charge < -0.3 is 14.2 Å². The lowest BCUT2D eigenvalue weighted by molar-refractivity contribution is -0.170. The lowest BCUT2D eigenvalue weighted by Gasteiger charge is -2.27. The Kier molecular flexibility index (Phi) is 3.93. The van der Waals surface area contributed by atoms with E-state index in [4.69, 9.17) is 14.2 Å². The molecule has 2 saturated carbocycles. The molecule has 0 radical (unpaired) electrons. The summed E-state index contributed by atoms with van der Waals surface area (Å²) in [7, 11) is 4.24. The maximum Gasteiger partial charge on any atom is 0.323 e. The number of esters is 2. The molecule has 0 amide bonds. The Hall–Kier alpha value is -2.30. The van der Waals surface area contributed by atoms with Crippen LogP contribution in [0.25, 0.3) is 5.57 Å². The van der Waals surface area contributed by atoms with Gasteiger partial charge in [-0.3, -0.25) is 9.59 Å². The lowest BCUT2D eigenvalue weighted by Crippen LogP contribution is -2.41. The maximum absolute atomic E-state index is 12.5. The minimum Gasteiger partial charge on any atom is -0.497 e. The summed E-state index contributed by atoms with van der Waals surface area (Å²) in [6, 6.07) is 7.71. The molecule has 2 atom stereocenters. The Morgan fingerprint density at radius 2 is 1.68 bits per heavy atom. The zero-order chi connectivity index (χ0) is 18.5. The molecule has 1 aromatic rings. The Bertz CT molecular complexity index is 736. The number of methoxy groups -OCH3 is 3. The number of fused-ring (bicyclic) bond motifs is 1. The van der Waals surface area contributed by atoms with Crippen molar-refractivity contribution in [3.05, 3.63) is 36.4 Å². The topological polar surface area (TPSA) is 61.8 Å². The first-order valence-electron chi connectivity index (χ1n) is 8.29. The first kappa shape index (κ1) is 17.5. The summed E-state index contributed by atoms with van der Waals surface area (Å²) in [6.45, 7) is 6.42. The number of rotatable bonds is 5. The van der Waals surface area contributed by atoms with Crippen molar-refractivity contribution >= 4 is 17.5 Å². The molecule has 0 unspecified atom stereocenters. The van der Waals surface area contributed by atoms with E-state index < -0.39 is 17.4 Å². The zero-order valence-corrected chi connectivity index (χ0v) is 15.2. The molecule has 2 aliphatic carbocycles. The molecule has 0 spiro atoms. The Morgan fingerprint density at radius 1 is 1.04 bits per heavy atom. The Labute approximate surface area is 148 Å². The SMILES string of the molecule is C=C(c1cccc(OC)c1)[C@@]12CC(C(=O)OC)(C(=O)OC)C[C@]1(C)C2. The predicted octanol–water partition coefficient (Wildman–Crippen LogP) is 3.23. The van der Waals surface area contributed by atoms with Gasteiger partial charge in [0.25, 0.3) is 0 Å². The van der Waals surface area contributed by atoms with Crippen molar-refractivity contribution in [2.24, 2.45) is 16.2 Å². The second-order valence-electron chi connectivity index (χ2n) is 7.45. The highest BCUT2D eigenvalue weighted by Crippen LogP contribution is 2.81. The Morgan fingerprint density at radius 3 is 2.24 bits per heavy atom. The highest BCUT2D eigenvalue weighted by atomic mass is 16.5. The third-order valence-electron chi connectivity index (χ3n) is 6.17. The molecule has 5 nitrogen and oxygen atoms in total. The largest absolute Gasteiger partial charge is 0.497 e. The molecule has 5 heteroatoms. The normalized spacial score (nSPS) is 28.6. The van der Waals surface area contributed by atoms with Crippen molar-refractivity contribution < 1.29 is 23.8 Å². The molecule has 2 fully saturated rings. The van der Waals surface area contributed by atoms with Gasteiger partial charge in [0.1, 0.15) is 5.75 Å². The van der Waals surface area contributed by atoms with E-state index in [1.165, 1.54) is 14.2 Å². The molecule has 0 N–H and O–H groups in total. The maximum atomic E-state index is 12.5. The summed E-state index contributed by atoms with van der Waals surface area (Å²) in [5, 5.41) is 0. The number of carbonyl (C=O) groups is 2. The Balaban J connectivity index is 1.99. The number of benzene rings is 1. The summed E-state index contributed by atoms with van der Waals surface area (Å²) in [5.41, 5.74) is 0.174. The van der Waals surface area contributed by atoms with E-state index in [9.17, 15) is 9.59 Å². The van der Waals surface area contributed by atoms with Gasteiger partial charge in [-0.25, -0.2) is 0 Å². The lowest BCUT2D eigenvalue weighted by atomic mass is 9.78. The van der Waals surface area contributed by atoms with Crippen molar-refractivity contribution in [2.45, 2.75) is 26.2 Å². The van der Waals surface area contributed by atoms with Crippen LogP contribution in [0.15, 0.2) is 30.8 Å². The molecule has 3 rings (SSSR count). The predicted molar refractivity (Wildman–Crippen MR) is 92.9 cm³/mol. The minimum absolute atomic E-state index is 0.171. The van der Waals surface area contributed by atoms with Crippen LogP contribution in [0.4, 0.5) is 0 Å². The van der Waals surface area contributed by atoms with Crippen LogP contribution >= 0.6 is 0 Å². The van der Waals surface area contributed by atoms with Gasteiger partial charge in [0.15, 0.2) is 5.41 Å². The average molecular weight is 344 g/mol. The summed E-state index contributed by atoms with van der Waals surface area (Å²) >= 11 is 0. The van der Waals surface area contributed by atoms with Crippen molar-refractivity contribution in [3.63, 3.8) is 0 Å². The molecule has 134 valence electrons. The fourth-order valence-corrected chi connectivity index (χ4v) is 4.80. The number of ether oxygens (including phenoxy) is 3. The second kappa shape index (κ2) is 5.61. The van der Waals surface area contributed by atoms with Gasteiger partial charge in [-0.15, -0.1) is 0 Å². The first-order chi connectivity index (χ1) is 11.8. The van der Waals surface area contributed by atoms with E-state index in [-0.39, 0.29) is 10.8 Å². The van der Waals surface area contributed by atoms with E-state index in [0.29, 0.717) is 12.8 Å². The fourth-order valence-electron chi connectivity index (χ4n) is 4.80. The molecule has 0 aromatic heterocycles. The minimum atomic E-state index is -1.25. The van der Waals surface area contributed by atoms with Crippen LogP contribution in [0.1, 0.15) is 31.7 Å². The number of carbonyl (C=O) groups excluding carboxylic acids is 2. The van der Waals surface area contributed by atoms with E-state index >= 15 is 0 Å². The van der Waals surface area contributed by atoms with Crippen LogP contribution in [0.5, 0.6) is 5.75 Å². The zero-order valence-electron chi connectivity index (χ0n) is 15.2. The summed E-state index contributed by atoms with van der Waals surface area (Å²) in [6.07, 6.45) is 1.68.